The van der Waals surface area contributed by atoms with Crippen molar-refractivity contribution in [1.82, 2.24) is 4.90 Å². The van der Waals surface area contributed by atoms with E-state index in [1.165, 1.54) is 0 Å². The number of ether oxygens (including phenoxy) is 1. The minimum absolute atomic E-state index is 0.222. The quantitative estimate of drug-likeness (QED) is 0.324. The van der Waals surface area contributed by atoms with Gasteiger partial charge in [0.1, 0.15) is 0 Å². The third-order valence-electron chi connectivity index (χ3n) is 6.33. The number of hydrogen-bond donors (Lipinski definition) is 2. The van der Waals surface area contributed by atoms with Crippen LogP contribution in [0, 0.1) is 11.1 Å². The Morgan fingerprint density at radius 3 is 2.74 bits per heavy atom. The lowest BCUT2D eigenvalue weighted by molar-refractivity contribution is -0.591. The van der Waals surface area contributed by atoms with Gasteiger partial charge < -0.3 is 20.3 Å². The second-order valence-electron chi connectivity index (χ2n) is 7.18. The summed E-state index contributed by atoms with van der Waals surface area (Å²) >= 11 is 0. The summed E-state index contributed by atoms with van der Waals surface area (Å²) in [5.74, 6) is -0.222. The minimum atomic E-state index is -1.37. The van der Waals surface area contributed by atoms with Crippen LogP contribution in [0.5, 0.6) is 0 Å². The van der Waals surface area contributed by atoms with E-state index >= 15 is 0 Å². The molecule has 4 rings (SSSR count). The van der Waals surface area contributed by atoms with Gasteiger partial charge in [0.25, 0.3) is 0 Å². The molecule has 3 atom stereocenters. The van der Waals surface area contributed by atoms with E-state index in [0.29, 0.717) is 50.6 Å². The van der Waals surface area contributed by atoms with Crippen molar-refractivity contribution in [2.45, 2.75) is 56.2 Å². The molecule has 1 saturated heterocycles. The van der Waals surface area contributed by atoms with Crippen LogP contribution in [-0.4, -0.2) is 68.9 Å². The van der Waals surface area contributed by atoms with E-state index in [4.69, 9.17) is 4.74 Å². The molecule has 2 aliphatic carbocycles. The topological polar surface area (TPSA) is 91.4 Å². The van der Waals surface area contributed by atoms with Crippen molar-refractivity contribution in [3.8, 4) is 0 Å². The van der Waals surface area contributed by atoms with Crippen LogP contribution in [-0.2, 0) is 4.74 Å². The number of hydrogen-bond acceptors (Lipinski definition) is 6. The van der Waals surface area contributed by atoms with Crippen LogP contribution in [0.4, 0.5) is 0 Å². The first kappa shape index (κ1) is 15.4. The fraction of sp³-hybridized carbons (Fsp3) is 0.875. The smallest absolute Gasteiger partial charge is 0.235 e. The average molecular weight is 323 g/mol. The Kier molecular flexibility index (Phi) is 3.62. The zero-order valence-corrected chi connectivity index (χ0v) is 13.4. The summed E-state index contributed by atoms with van der Waals surface area (Å²) in [6.45, 7) is 2.67. The first-order chi connectivity index (χ1) is 11.2. The Bertz CT molecular complexity index is 558. The number of hydroxylamine groups is 1. The van der Waals surface area contributed by atoms with Crippen molar-refractivity contribution in [2.75, 3.05) is 26.3 Å². The van der Waals surface area contributed by atoms with E-state index in [2.05, 4.69) is 10.1 Å². The molecule has 0 aromatic rings. The minimum Gasteiger partial charge on any atom is -0.622 e. The highest BCUT2D eigenvalue weighted by Gasteiger charge is 2.71. The zero-order chi connectivity index (χ0) is 16.1. The Morgan fingerprint density at radius 2 is 2.00 bits per heavy atom. The molecule has 0 spiro atoms. The number of oxime groups is 1. The molecule has 23 heavy (non-hydrogen) atoms. The largest absolute Gasteiger partial charge is 0.622 e. The Morgan fingerprint density at radius 1 is 1.22 bits per heavy atom. The van der Waals surface area contributed by atoms with Gasteiger partial charge in [0, 0.05) is 25.9 Å². The molecule has 0 aromatic carbocycles. The number of fused-ring (bicyclic) bond motifs is 3. The van der Waals surface area contributed by atoms with Crippen molar-refractivity contribution in [2.24, 2.45) is 11.1 Å². The van der Waals surface area contributed by atoms with E-state index in [9.17, 15) is 15.5 Å². The van der Waals surface area contributed by atoms with E-state index in [-0.39, 0.29) is 5.92 Å². The predicted molar refractivity (Wildman–Crippen MR) is 83.7 cm³/mol. The van der Waals surface area contributed by atoms with Gasteiger partial charge in [0.05, 0.1) is 24.8 Å². The Hall–Kier alpha value is -1.18. The van der Waals surface area contributed by atoms with Crippen LogP contribution >= 0.6 is 0 Å². The molecule has 2 aliphatic heterocycles. The predicted octanol–water partition coefficient (Wildman–Crippen LogP) is 0.915. The molecule has 0 bridgehead atoms. The second-order valence-corrected chi connectivity index (χ2v) is 7.18. The van der Waals surface area contributed by atoms with Crippen LogP contribution in [0.3, 0.4) is 0 Å². The molecule has 0 radical (unpaired) electrons. The summed E-state index contributed by atoms with van der Waals surface area (Å²) in [6.07, 6.45) is 5.42. The second kappa shape index (κ2) is 5.43. The standard InChI is InChI=1S/C16H25N3O4/c20-16-12-4-1-2-7-15(12,18-8-10-23-11-9-18)19(22)14(16)6-3-5-13(16)17-21/h12,20-21H,1-11H2/b17-13-/t12-,15+,16+/m1/s1. The van der Waals surface area contributed by atoms with Gasteiger partial charge in [-0.3, -0.25) is 0 Å². The molecule has 7 heteroatoms. The molecular formula is C16H25N3O4. The van der Waals surface area contributed by atoms with Gasteiger partial charge in [-0.25, -0.2) is 4.90 Å². The molecule has 128 valence electrons. The van der Waals surface area contributed by atoms with Crippen molar-refractivity contribution < 1.29 is 19.8 Å². The molecular weight excluding hydrogens is 298 g/mol. The summed E-state index contributed by atoms with van der Waals surface area (Å²) in [6, 6.07) is 0. The summed E-state index contributed by atoms with van der Waals surface area (Å²) in [5.41, 5.74) is -1.18. The third kappa shape index (κ3) is 1.87. The van der Waals surface area contributed by atoms with E-state index in [1.54, 1.807) is 0 Å². The Labute approximate surface area is 135 Å². The molecule has 3 fully saturated rings. The highest BCUT2D eigenvalue weighted by atomic mass is 16.5. The Balaban J connectivity index is 1.85. The van der Waals surface area contributed by atoms with Crippen LogP contribution in [0.15, 0.2) is 5.16 Å². The lowest BCUT2D eigenvalue weighted by Crippen LogP contribution is -2.65. The van der Waals surface area contributed by atoms with Crippen LogP contribution in [0.2, 0.25) is 0 Å². The van der Waals surface area contributed by atoms with Crippen molar-refractivity contribution >= 4 is 11.4 Å². The van der Waals surface area contributed by atoms with Crippen LogP contribution in [0.25, 0.3) is 0 Å². The van der Waals surface area contributed by atoms with Gasteiger partial charge in [0.15, 0.2) is 5.60 Å². The molecule has 2 N–H and O–H groups in total. The highest BCUT2D eigenvalue weighted by molar-refractivity contribution is 6.15. The van der Waals surface area contributed by atoms with Crippen LogP contribution in [0.1, 0.15) is 44.9 Å². The molecule has 4 aliphatic rings. The molecule has 0 aromatic heterocycles. The summed E-state index contributed by atoms with van der Waals surface area (Å²) in [5, 5.41) is 37.7. The van der Waals surface area contributed by atoms with Gasteiger partial charge in [-0.2, -0.15) is 4.74 Å². The molecule has 2 saturated carbocycles. The summed E-state index contributed by atoms with van der Waals surface area (Å²) < 4.78 is 6.57. The number of rotatable bonds is 1. The fourth-order valence-electron chi connectivity index (χ4n) is 5.37. The number of morpholine rings is 1. The lowest BCUT2D eigenvalue weighted by Gasteiger charge is -2.47. The monoisotopic (exact) mass is 323 g/mol. The van der Waals surface area contributed by atoms with Crippen molar-refractivity contribution in [3.63, 3.8) is 0 Å². The molecule has 0 amide bonds. The highest BCUT2D eigenvalue weighted by Crippen LogP contribution is 2.52. The first-order valence-electron chi connectivity index (χ1n) is 8.76. The zero-order valence-electron chi connectivity index (χ0n) is 13.4. The number of nitrogens with zero attached hydrogens (tertiary/aromatic N) is 3. The average Bonchev–Trinajstić information content (AvgIpc) is 2.82. The van der Waals surface area contributed by atoms with E-state index in [0.717, 1.165) is 36.8 Å². The van der Waals surface area contributed by atoms with Crippen LogP contribution < -0.4 is 0 Å². The maximum absolute atomic E-state index is 13.4. The number of aliphatic hydroxyl groups is 1. The molecule has 2 heterocycles. The van der Waals surface area contributed by atoms with E-state index in [1.807, 2.05) is 0 Å². The first-order valence-corrected chi connectivity index (χ1v) is 8.76. The van der Waals surface area contributed by atoms with Gasteiger partial charge in [-0.1, -0.05) is 11.6 Å². The SMILES string of the molecule is [O-][N+]1=C2CCC/C(=N/O)[C@@]2(O)[C@@H]2CCCC[C@@]21N1CCOCC1. The molecule has 0 unspecified atom stereocenters. The van der Waals surface area contributed by atoms with Crippen molar-refractivity contribution in [1.29, 1.82) is 0 Å². The fourth-order valence-corrected chi connectivity index (χ4v) is 5.37. The van der Waals surface area contributed by atoms with E-state index < -0.39 is 11.3 Å². The lowest BCUT2D eigenvalue weighted by atomic mass is 9.65. The normalized spacial score (nSPS) is 43.5. The third-order valence-corrected chi connectivity index (χ3v) is 6.33. The van der Waals surface area contributed by atoms with Gasteiger partial charge in [-0.15, -0.1) is 0 Å². The maximum atomic E-state index is 13.4. The molecule has 7 nitrogen and oxygen atoms in total. The summed E-state index contributed by atoms with van der Waals surface area (Å²) in [4.78, 5) is 2.21. The summed E-state index contributed by atoms with van der Waals surface area (Å²) in [7, 11) is 0. The van der Waals surface area contributed by atoms with Crippen molar-refractivity contribution in [3.05, 3.63) is 5.21 Å². The van der Waals surface area contributed by atoms with Gasteiger partial charge in [-0.05, 0) is 25.7 Å². The van der Waals surface area contributed by atoms with Gasteiger partial charge in [0.2, 0.25) is 11.4 Å². The maximum Gasteiger partial charge on any atom is 0.235 e. The van der Waals surface area contributed by atoms with Gasteiger partial charge >= 0.3 is 0 Å².